The zero-order valence-electron chi connectivity index (χ0n) is 16.0. The summed E-state index contributed by atoms with van der Waals surface area (Å²) in [6.07, 6.45) is 0. The van der Waals surface area contributed by atoms with Gasteiger partial charge in [-0.05, 0) is 35.4 Å². The van der Waals surface area contributed by atoms with Gasteiger partial charge in [0, 0.05) is 6.54 Å². The van der Waals surface area contributed by atoms with Crippen molar-refractivity contribution in [2.75, 3.05) is 20.8 Å². The molecule has 3 amide bonds. The first-order valence-electron chi connectivity index (χ1n) is 9.06. The molecule has 0 aromatic heterocycles. The van der Waals surface area contributed by atoms with Crippen molar-refractivity contribution in [3.63, 3.8) is 0 Å². The summed E-state index contributed by atoms with van der Waals surface area (Å²) in [6, 6.07) is 10.3. The molecule has 2 aromatic carbocycles. The first-order chi connectivity index (χ1) is 14.0. The van der Waals surface area contributed by atoms with Crippen LogP contribution in [0.25, 0.3) is 0 Å². The molecule has 0 saturated carbocycles. The van der Waals surface area contributed by atoms with E-state index in [0.717, 1.165) is 5.56 Å². The van der Waals surface area contributed by atoms with Gasteiger partial charge in [0.1, 0.15) is 5.82 Å². The van der Waals surface area contributed by atoms with Crippen molar-refractivity contribution in [3.05, 3.63) is 70.7 Å². The number of rotatable bonds is 5. The minimum Gasteiger partial charge on any atom is -0.493 e. The van der Waals surface area contributed by atoms with Gasteiger partial charge < -0.3 is 25.0 Å². The van der Waals surface area contributed by atoms with E-state index in [-0.39, 0.29) is 24.3 Å². The molecule has 1 unspecified atom stereocenters. The number of nitrogens with one attached hydrogen (secondary N) is 2. The van der Waals surface area contributed by atoms with E-state index in [2.05, 4.69) is 10.6 Å². The Bertz CT molecular complexity index is 1000. The highest BCUT2D eigenvalue weighted by Gasteiger charge is 2.40. The van der Waals surface area contributed by atoms with Gasteiger partial charge in [-0.25, -0.2) is 9.18 Å². The Morgan fingerprint density at radius 2 is 1.79 bits per heavy atom. The van der Waals surface area contributed by atoms with Crippen LogP contribution in [0.5, 0.6) is 11.5 Å². The Labute approximate surface area is 167 Å². The van der Waals surface area contributed by atoms with Crippen LogP contribution in [0.4, 0.5) is 9.18 Å². The van der Waals surface area contributed by atoms with Crippen molar-refractivity contribution in [2.45, 2.75) is 12.6 Å². The van der Waals surface area contributed by atoms with Crippen LogP contribution >= 0.6 is 0 Å². The van der Waals surface area contributed by atoms with E-state index in [9.17, 15) is 14.0 Å². The van der Waals surface area contributed by atoms with E-state index < -0.39 is 6.04 Å². The van der Waals surface area contributed by atoms with Crippen LogP contribution in [-0.2, 0) is 11.3 Å². The van der Waals surface area contributed by atoms with Crippen LogP contribution < -0.4 is 20.1 Å². The molecule has 0 bridgehead atoms. The van der Waals surface area contributed by atoms with Crippen molar-refractivity contribution in [1.82, 2.24) is 15.5 Å². The lowest BCUT2D eigenvalue weighted by molar-refractivity contribution is -0.126. The maximum absolute atomic E-state index is 13.2. The van der Waals surface area contributed by atoms with Gasteiger partial charge in [0.2, 0.25) is 0 Å². The second-order valence-electron chi connectivity index (χ2n) is 6.83. The highest BCUT2D eigenvalue weighted by Crippen LogP contribution is 2.37. The Morgan fingerprint density at radius 1 is 1.07 bits per heavy atom. The number of carbonyl (C=O) groups excluding carboxylic acids is 2. The number of methoxy groups -OCH3 is 2. The highest BCUT2D eigenvalue weighted by atomic mass is 19.1. The van der Waals surface area contributed by atoms with Crippen LogP contribution in [0.1, 0.15) is 17.2 Å². The molecule has 8 heteroatoms. The number of benzene rings is 2. The van der Waals surface area contributed by atoms with E-state index in [1.807, 2.05) is 0 Å². The van der Waals surface area contributed by atoms with Crippen molar-refractivity contribution < 1.29 is 23.5 Å². The number of halogens is 1. The summed E-state index contributed by atoms with van der Waals surface area (Å²) >= 11 is 0. The molecule has 2 aliphatic rings. The second kappa shape index (κ2) is 7.46. The standard InChI is InChI=1S/C21H20FN3O4/c1-28-16-8-5-13(9-17(16)29-2)19-18-15(23-21(27)24-19)11-25(20(18)26)10-12-3-6-14(22)7-4-12/h3-9,19H,10-11H2,1-2H3,(H2,23,24,27). The van der Waals surface area contributed by atoms with Gasteiger partial charge in [-0.15, -0.1) is 0 Å². The van der Waals surface area contributed by atoms with Gasteiger partial charge >= 0.3 is 6.03 Å². The zero-order chi connectivity index (χ0) is 20.5. The van der Waals surface area contributed by atoms with Crippen molar-refractivity contribution in [1.29, 1.82) is 0 Å². The van der Waals surface area contributed by atoms with Crippen LogP contribution in [0.2, 0.25) is 0 Å². The molecule has 0 spiro atoms. The molecule has 2 N–H and O–H groups in total. The van der Waals surface area contributed by atoms with Crippen molar-refractivity contribution >= 4 is 11.9 Å². The normalized spacial score (nSPS) is 18.3. The number of amides is 3. The molecule has 0 fully saturated rings. The molecule has 0 saturated heterocycles. The molecule has 4 rings (SSSR count). The summed E-state index contributed by atoms with van der Waals surface area (Å²) in [4.78, 5) is 26.9. The van der Waals surface area contributed by atoms with Crippen LogP contribution in [0.3, 0.4) is 0 Å². The van der Waals surface area contributed by atoms with E-state index >= 15 is 0 Å². The predicted molar refractivity (Wildman–Crippen MR) is 103 cm³/mol. The fourth-order valence-electron chi connectivity index (χ4n) is 3.65. The van der Waals surface area contributed by atoms with E-state index in [0.29, 0.717) is 34.9 Å². The quantitative estimate of drug-likeness (QED) is 0.813. The lowest BCUT2D eigenvalue weighted by atomic mass is 9.96. The highest BCUT2D eigenvalue weighted by molar-refractivity contribution is 6.01. The fourth-order valence-corrected chi connectivity index (χ4v) is 3.65. The minimum atomic E-state index is -0.607. The van der Waals surface area contributed by atoms with E-state index in [1.165, 1.54) is 26.4 Å². The molecule has 2 aliphatic heterocycles. The number of ether oxygens (including phenoxy) is 2. The van der Waals surface area contributed by atoms with Crippen molar-refractivity contribution in [3.8, 4) is 11.5 Å². The number of urea groups is 1. The Balaban J connectivity index is 1.63. The summed E-state index contributed by atoms with van der Waals surface area (Å²) < 4.78 is 23.8. The molecular weight excluding hydrogens is 377 g/mol. The molecule has 150 valence electrons. The van der Waals surface area contributed by atoms with Gasteiger partial charge in [0.15, 0.2) is 11.5 Å². The minimum absolute atomic E-state index is 0.184. The summed E-state index contributed by atoms with van der Waals surface area (Å²) in [5.41, 5.74) is 2.57. The van der Waals surface area contributed by atoms with Crippen LogP contribution in [0, 0.1) is 5.82 Å². The third-order valence-electron chi connectivity index (χ3n) is 5.05. The smallest absolute Gasteiger partial charge is 0.319 e. The zero-order valence-corrected chi connectivity index (χ0v) is 16.0. The molecule has 2 aromatic rings. The molecule has 1 atom stereocenters. The fraction of sp³-hybridized carbons (Fsp3) is 0.238. The molecule has 7 nitrogen and oxygen atoms in total. The molecule has 0 radical (unpaired) electrons. The lowest BCUT2D eigenvalue weighted by Crippen LogP contribution is -2.44. The third kappa shape index (κ3) is 3.49. The molecule has 2 heterocycles. The Kier molecular flexibility index (Phi) is 4.84. The maximum atomic E-state index is 13.2. The topological polar surface area (TPSA) is 79.9 Å². The molecule has 0 aliphatic carbocycles. The summed E-state index contributed by atoms with van der Waals surface area (Å²) in [7, 11) is 3.07. The Morgan fingerprint density at radius 3 is 2.48 bits per heavy atom. The summed E-state index contributed by atoms with van der Waals surface area (Å²) in [5.74, 6) is 0.551. The first-order valence-corrected chi connectivity index (χ1v) is 9.06. The molecular formula is C21H20FN3O4. The van der Waals surface area contributed by atoms with Gasteiger partial charge in [-0.3, -0.25) is 4.79 Å². The van der Waals surface area contributed by atoms with Gasteiger partial charge in [0.05, 0.1) is 38.1 Å². The third-order valence-corrected chi connectivity index (χ3v) is 5.05. The van der Waals surface area contributed by atoms with Gasteiger partial charge in [0.25, 0.3) is 5.91 Å². The van der Waals surface area contributed by atoms with Crippen molar-refractivity contribution in [2.24, 2.45) is 0 Å². The predicted octanol–water partition coefficient (Wildman–Crippen LogP) is 2.49. The largest absolute Gasteiger partial charge is 0.493 e. The van der Waals surface area contributed by atoms with Gasteiger partial charge in [-0.1, -0.05) is 18.2 Å². The number of carbonyl (C=O) groups is 2. The number of hydrogen-bond donors (Lipinski definition) is 2. The Hall–Kier alpha value is -3.55. The van der Waals surface area contributed by atoms with Crippen LogP contribution in [-0.4, -0.2) is 37.6 Å². The average molecular weight is 397 g/mol. The number of nitrogens with zero attached hydrogens (tertiary/aromatic N) is 1. The monoisotopic (exact) mass is 397 g/mol. The molecule has 29 heavy (non-hydrogen) atoms. The first kappa shape index (κ1) is 18.8. The summed E-state index contributed by atoms with van der Waals surface area (Å²) in [6.45, 7) is 0.601. The van der Waals surface area contributed by atoms with Gasteiger partial charge in [-0.2, -0.15) is 0 Å². The maximum Gasteiger partial charge on any atom is 0.319 e. The van der Waals surface area contributed by atoms with E-state index in [1.54, 1.807) is 35.2 Å². The SMILES string of the molecule is COc1ccc(C2NC(=O)NC3=C2C(=O)N(Cc2ccc(F)cc2)C3)cc1OC. The lowest BCUT2D eigenvalue weighted by Gasteiger charge is -2.26. The summed E-state index contributed by atoms with van der Waals surface area (Å²) in [5, 5.41) is 5.55. The van der Waals surface area contributed by atoms with Crippen LogP contribution in [0.15, 0.2) is 53.7 Å². The second-order valence-corrected chi connectivity index (χ2v) is 6.83. The average Bonchev–Trinajstić information content (AvgIpc) is 3.03. The number of hydrogen-bond acceptors (Lipinski definition) is 4. The van der Waals surface area contributed by atoms with E-state index in [4.69, 9.17) is 9.47 Å².